The highest BCUT2D eigenvalue weighted by molar-refractivity contribution is 6.74. The second kappa shape index (κ2) is 12.2. The molecule has 192 valence electrons. The van der Waals surface area contributed by atoms with E-state index in [1.54, 1.807) is 0 Å². The third-order valence-electron chi connectivity index (χ3n) is 8.50. The van der Waals surface area contributed by atoms with E-state index in [4.69, 9.17) is 9.16 Å². The molecule has 1 aliphatic carbocycles. The van der Waals surface area contributed by atoms with E-state index in [0.29, 0.717) is 25.0 Å². The Labute approximate surface area is 210 Å². The Kier molecular flexibility index (Phi) is 10.4. The lowest BCUT2D eigenvalue weighted by atomic mass is 9.67. The Morgan fingerprint density at radius 1 is 1.18 bits per heavy atom. The Bertz CT molecular complexity index is 832. The molecule has 0 spiro atoms. The van der Waals surface area contributed by atoms with Gasteiger partial charge in [-0.25, -0.2) is 0 Å². The summed E-state index contributed by atoms with van der Waals surface area (Å²) < 4.78 is 12.7. The Hall–Kier alpha value is -1.20. The predicted octanol–water partition coefficient (Wildman–Crippen LogP) is 7.92. The van der Waals surface area contributed by atoms with E-state index >= 15 is 0 Å². The first kappa shape index (κ1) is 29.0. The zero-order chi connectivity index (χ0) is 25.6. The fourth-order valence-corrected chi connectivity index (χ4v) is 5.94. The van der Waals surface area contributed by atoms with Crippen LogP contribution in [0.5, 0.6) is 0 Å². The lowest BCUT2D eigenvalue weighted by molar-refractivity contribution is 0.132. The number of allylic oxidation sites excluding steroid dienone is 2. The lowest BCUT2D eigenvalue weighted by Gasteiger charge is -2.41. The Morgan fingerprint density at radius 3 is 2.38 bits per heavy atom. The van der Waals surface area contributed by atoms with Crippen LogP contribution in [0.4, 0.5) is 0 Å². The monoisotopic (exact) mass is 486 g/mol. The molecule has 0 bridgehead atoms. The number of aliphatic hydroxyl groups excluding tert-OH is 1. The van der Waals surface area contributed by atoms with Crippen LogP contribution in [0.25, 0.3) is 0 Å². The molecule has 0 aromatic heterocycles. The van der Waals surface area contributed by atoms with Gasteiger partial charge in [0.05, 0.1) is 19.8 Å². The van der Waals surface area contributed by atoms with Gasteiger partial charge in [0.25, 0.3) is 0 Å². The summed E-state index contributed by atoms with van der Waals surface area (Å²) >= 11 is 0. The van der Waals surface area contributed by atoms with Gasteiger partial charge in [0.15, 0.2) is 8.32 Å². The van der Waals surface area contributed by atoms with Crippen molar-refractivity contribution in [3.8, 4) is 0 Å². The maximum atomic E-state index is 9.92. The molecule has 0 saturated carbocycles. The Morgan fingerprint density at radius 2 is 1.82 bits per heavy atom. The third kappa shape index (κ3) is 7.40. The lowest BCUT2D eigenvalue weighted by Crippen LogP contribution is -2.42. The van der Waals surface area contributed by atoms with E-state index in [1.807, 2.05) is 25.1 Å². The molecule has 1 N–H and O–H groups in total. The second-order valence-electron chi connectivity index (χ2n) is 12.3. The van der Waals surface area contributed by atoms with Crippen LogP contribution in [-0.4, -0.2) is 33.2 Å². The molecular formula is C30H50O3Si. The quantitative estimate of drug-likeness (QED) is 0.241. The summed E-state index contributed by atoms with van der Waals surface area (Å²) in [5.41, 5.74) is 5.02. The van der Waals surface area contributed by atoms with Crippen molar-refractivity contribution in [2.45, 2.75) is 92.5 Å². The molecule has 0 aliphatic heterocycles. The normalized spacial score (nSPS) is 22.2. The molecule has 1 aromatic rings. The van der Waals surface area contributed by atoms with Crippen LogP contribution >= 0.6 is 0 Å². The first-order valence-corrected chi connectivity index (χ1v) is 16.0. The number of aliphatic hydroxyl groups is 1. The van der Waals surface area contributed by atoms with Crippen molar-refractivity contribution in [3.63, 3.8) is 0 Å². The van der Waals surface area contributed by atoms with Gasteiger partial charge in [0.2, 0.25) is 0 Å². The van der Waals surface area contributed by atoms with E-state index in [-0.39, 0.29) is 17.1 Å². The van der Waals surface area contributed by atoms with Crippen molar-refractivity contribution in [1.82, 2.24) is 0 Å². The summed E-state index contributed by atoms with van der Waals surface area (Å²) in [5.74, 6) is 1.23. The van der Waals surface area contributed by atoms with Gasteiger partial charge in [0, 0.05) is 6.61 Å². The molecule has 0 heterocycles. The summed E-state index contributed by atoms with van der Waals surface area (Å²) in [6.07, 6.45) is 5.52. The predicted molar refractivity (Wildman–Crippen MR) is 147 cm³/mol. The number of hydrogen-bond acceptors (Lipinski definition) is 3. The molecule has 1 aliphatic rings. The van der Waals surface area contributed by atoms with Crippen LogP contribution < -0.4 is 0 Å². The fraction of sp³-hybridized carbons (Fsp3) is 0.667. The van der Waals surface area contributed by atoms with Gasteiger partial charge in [0.1, 0.15) is 0 Å². The molecule has 2 rings (SSSR count). The van der Waals surface area contributed by atoms with Crippen LogP contribution in [-0.2, 0) is 15.8 Å². The van der Waals surface area contributed by atoms with E-state index in [1.165, 1.54) is 16.7 Å². The highest BCUT2D eigenvalue weighted by atomic mass is 28.4. The molecule has 3 nitrogen and oxygen atoms in total. The highest BCUT2D eigenvalue weighted by Gasteiger charge is 2.43. The minimum absolute atomic E-state index is 0.0795. The van der Waals surface area contributed by atoms with Gasteiger partial charge >= 0.3 is 0 Å². The maximum Gasteiger partial charge on any atom is 0.191 e. The first-order chi connectivity index (χ1) is 15.8. The van der Waals surface area contributed by atoms with Crippen molar-refractivity contribution in [3.05, 3.63) is 58.7 Å². The van der Waals surface area contributed by atoms with Gasteiger partial charge in [-0.1, -0.05) is 83.5 Å². The molecule has 0 saturated heterocycles. The van der Waals surface area contributed by atoms with Crippen molar-refractivity contribution in [2.24, 2.45) is 17.3 Å². The van der Waals surface area contributed by atoms with Crippen molar-refractivity contribution in [2.75, 3.05) is 19.8 Å². The van der Waals surface area contributed by atoms with E-state index in [0.717, 1.165) is 31.4 Å². The van der Waals surface area contributed by atoms with Crippen molar-refractivity contribution >= 4 is 8.32 Å². The molecule has 0 fully saturated rings. The SMILES string of the molecule is C/C(CO)=C(/COCc1ccccc1)CC1=CC[C@H](C(C)C)[C@@]1(C)CCO[Si](C)(C)C(C)(C)C. The zero-order valence-corrected chi connectivity index (χ0v) is 24.3. The molecule has 0 unspecified atom stereocenters. The van der Waals surface area contributed by atoms with Crippen molar-refractivity contribution < 1.29 is 14.3 Å². The summed E-state index contributed by atoms with van der Waals surface area (Å²) in [6, 6.07) is 10.3. The minimum Gasteiger partial charge on any atom is -0.417 e. The smallest absolute Gasteiger partial charge is 0.191 e. The second-order valence-corrected chi connectivity index (χ2v) is 17.1. The zero-order valence-electron chi connectivity index (χ0n) is 23.3. The van der Waals surface area contributed by atoms with Crippen LogP contribution in [0.1, 0.15) is 73.3 Å². The Balaban J connectivity index is 2.13. The van der Waals surface area contributed by atoms with Crippen LogP contribution in [0, 0.1) is 17.3 Å². The van der Waals surface area contributed by atoms with Gasteiger partial charge in [-0.2, -0.15) is 0 Å². The van der Waals surface area contributed by atoms with Gasteiger partial charge in [-0.3, -0.25) is 0 Å². The molecule has 2 atom stereocenters. The van der Waals surface area contributed by atoms with Crippen LogP contribution in [0.3, 0.4) is 0 Å². The summed E-state index contributed by atoms with van der Waals surface area (Å²) in [4.78, 5) is 0. The minimum atomic E-state index is -1.77. The summed E-state index contributed by atoms with van der Waals surface area (Å²) in [6.45, 7) is 22.8. The number of benzene rings is 1. The molecule has 0 radical (unpaired) electrons. The molecule has 34 heavy (non-hydrogen) atoms. The average molecular weight is 487 g/mol. The van der Waals surface area contributed by atoms with E-state index in [9.17, 15) is 5.11 Å². The molecule has 4 heteroatoms. The van der Waals surface area contributed by atoms with Gasteiger partial charge < -0.3 is 14.3 Å². The van der Waals surface area contributed by atoms with Crippen LogP contribution in [0.2, 0.25) is 18.1 Å². The van der Waals surface area contributed by atoms with Gasteiger partial charge in [-0.15, -0.1) is 0 Å². The van der Waals surface area contributed by atoms with E-state index < -0.39 is 8.32 Å². The summed E-state index contributed by atoms with van der Waals surface area (Å²) in [5, 5.41) is 10.2. The topological polar surface area (TPSA) is 38.7 Å². The molecule has 0 amide bonds. The highest BCUT2D eigenvalue weighted by Crippen LogP contribution is 2.52. The maximum absolute atomic E-state index is 9.92. The number of hydrogen-bond donors (Lipinski definition) is 1. The van der Waals surface area contributed by atoms with E-state index in [2.05, 4.69) is 72.8 Å². The fourth-order valence-electron chi connectivity index (χ4n) is 4.90. The average Bonchev–Trinajstić information content (AvgIpc) is 3.08. The number of ether oxygens (including phenoxy) is 1. The van der Waals surface area contributed by atoms with Gasteiger partial charge in [-0.05, 0) is 78.3 Å². The first-order valence-electron chi connectivity index (χ1n) is 13.1. The standard InChI is InChI=1S/C30H50O3Si/c1-23(2)28-16-15-27(30(28,7)17-18-33-34(8,9)29(4,5)6)19-26(24(3)20-31)22-32-21-25-13-11-10-12-14-25/h10-15,23,28,31H,16-22H2,1-9H3/b26-24-/t28-,30+/m1/s1. The number of rotatable bonds is 12. The largest absolute Gasteiger partial charge is 0.417 e. The third-order valence-corrected chi connectivity index (χ3v) is 13.0. The van der Waals surface area contributed by atoms with Crippen LogP contribution in [0.15, 0.2) is 53.1 Å². The summed E-state index contributed by atoms with van der Waals surface area (Å²) in [7, 11) is -1.77. The molecular weight excluding hydrogens is 436 g/mol. The molecule has 1 aromatic carbocycles. The van der Waals surface area contributed by atoms with Crippen molar-refractivity contribution in [1.29, 1.82) is 0 Å².